The van der Waals surface area contributed by atoms with Crippen LogP contribution in [0.25, 0.3) is 5.69 Å². The van der Waals surface area contributed by atoms with Gasteiger partial charge in [-0.25, -0.2) is 9.07 Å². The molecule has 6 nitrogen and oxygen atoms in total. The van der Waals surface area contributed by atoms with Crippen LogP contribution in [0.1, 0.15) is 22.5 Å². The second-order valence-corrected chi connectivity index (χ2v) is 5.40. The second-order valence-electron chi connectivity index (χ2n) is 5.40. The molecule has 1 saturated heterocycles. The Morgan fingerprint density at radius 2 is 2.30 bits per heavy atom. The number of halogens is 2. The summed E-state index contributed by atoms with van der Waals surface area (Å²) >= 11 is 0. The molecule has 2 heterocycles. The molecular weight excluding hydrogens is 323 g/mol. The van der Waals surface area contributed by atoms with Crippen molar-refractivity contribution in [2.24, 2.45) is 0 Å². The van der Waals surface area contributed by atoms with E-state index in [1.807, 2.05) is 0 Å². The number of aromatic nitrogens is 2. The number of nitrogens with zero attached hydrogens (tertiary/aromatic N) is 2. The number of aromatic hydroxyl groups is 1. The number of nitrogens with one attached hydrogen (secondary N) is 2. The molecule has 8 heteroatoms. The highest BCUT2D eigenvalue weighted by Crippen LogP contribution is 2.21. The van der Waals surface area contributed by atoms with Gasteiger partial charge in [0, 0.05) is 12.6 Å². The van der Waals surface area contributed by atoms with E-state index in [-0.39, 0.29) is 35.7 Å². The molecule has 3 N–H and O–H groups in total. The van der Waals surface area contributed by atoms with E-state index in [0.717, 1.165) is 13.0 Å². The number of benzene rings is 1. The van der Waals surface area contributed by atoms with E-state index in [2.05, 4.69) is 15.7 Å². The number of carbonyl (C=O) groups excluding carboxylic acids is 1. The molecule has 1 aromatic heterocycles. The van der Waals surface area contributed by atoms with Gasteiger partial charge in [0.15, 0.2) is 11.4 Å². The molecule has 2 aromatic rings. The predicted octanol–water partition coefficient (Wildman–Crippen LogP) is 1.54. The van der Waals surface area contributed by atoms with Crippen molar-refractivity contribution in [2.45, 2.75) is 19.4 Å². The maximum atomic E-state index is 13.2. The van der Waals surface area contributed by atoms with Gasteiger partial charge in [0.25, 0.3) is 5.91 Å². The van der Waals surface area contributed by atoms with Gasteiger partial charge in [-0.15, -0.1) is 12.4 Å². The first-order chi connectivity index (χ1) is 10.5. The van der Waals surface area contributed by atoms with E-state index in [1.165, 1.54) is 23.0 Å². The van der Waals surface area contributed by atoms with Gasteiger partial charge in [-0.05, 0) is 43.7 Å². The molecular formula is C15H18ClFN4O2. The van der Waals surface area contributed by atoms with E-state index < -0.39 is 5.91 Å². The molecule has 0 aliphatic carbocycles. The van der Waals surface area contributed by atoms with Crippen LogP contribution in [0.15, 0.2) is 24.4 Å². The summed E-state index contributed by atoms with van der Waals surface area (Å²) in [7, 11) is 0. The monoisotopic (exact) mass is 340 g/mol. The van der Waals surface area contributed by atoms with Crippen LogP contribution in [0, 0.1) is 12.7 Å². The fourth-order valence-corrected chi connectivity index (χ4v) is 2.56. The Morgan fingerprint density at radius 3 is 2.96 bits per heavy atom. The highest BCUT2D eigenvalue weighted by Gasteiger charge is 2.22. The third-order valence-corrected chi connectivity index (χ3v) is 3.71. The Labute approximate surface area is 139 Å². The molecule has 1 fully saturated rings. The summed E-state index contributed by atoms with van der Waals surface area (Å²) in [5.41, 5.74) is 1.24. The van der Waals surface area contributed by atoms with Crippen molar-refractivity contribution in [3.05, 3.63) is 41.5 Å². The summed E-state index contributed by atoms with van der Waals surface area (Å²) in [6, 6.07) is 4.28. The molecule has 1 amide bonds. The largest absolute Gasteiger partial charge is 0.504 e. The van der Waals surface area contributed by atoms with Crippen LogP contribution >= 0.6 is 12.4 Å². The molecule has 1 aromatic carbocycles. The van der Waals surface area contributed by atoms with Gasteiger partial charge in [0.2, 0.25) is 0 Å². The molecule has 3 rings (SSSR count). The summed E-state index contributed by atoms with van der Waals surface area (Å²) in [5, 5.41) is 20.0. The summed E-state index contributed by atoms with van der Waals surface area (Å²) in [5.74, 6) is -0.957. The minimum atomic E-state index is -0.412. The van der Waals surface area contributed by atoms with Crippen molar-refractivity contribution in [3.8, 4) is 11.4 Å². The average molecular weight is 341 g/mol. The maximum absolute atomic E-state index is 13.2. The number of hydrogen-bond donors (Lipinski definition) is 3. The van der Waals surface area contributed by atoms with Gasteiger partial charge in [-0.3, -0.25) is 4.79 Å². The Hall–Kier alpha value is -2.12. The van der Waals surface area contributed by atoms with E-state index in [4.69, 9.17) is 0 Å². The molecule has 1 unspecified atom stereocenters. The lowest BCUT2D eigenvalue weighted by atomic mass is 10.2. The van der Waals surface area contributed by atoms with Crippen LogP contribution in [0.3, 0.4) is 0 Å². The van der Waals surface area contributed by atoms with Crippen LogP contribution in [-0.4, -0.2) is 39.9 Å². The van der Waals surface area contributed by atoms with E-state index in [9.17, 15) is 14.3 Å². The van der Waals surface area contributed by atoms with Crippen molar-refractivity contribution in [2.75, 3.05) is 13.1 Å². The molecule has 23 heavy (non-hydrogen) atoms. The first-order valence-corrected chi connectivity index (χ1v) is 7.11. The quantitative estimate of drug-likeness (QED) is 0.792. The van der Waals surface area contributed by atoms with Crippen LogP contribution in [-0.2, 0) is 0 Å². The van der Waals surface area contributed by atoms with Crippen LogP contribution < -0.4 is 10.6 Å². The van der Waals surface area contributed by atoms with Crippen molar-refractivity contribution in [1.82, 2.24) is 20.4 Å². The Bertz CT molecular complexity index is 713. The maximum Gasteiger partial charge on any atom is 0.275 e. The van der Waals surface area contributed by atoms with E-state index in [1.54, 1.807) is 13.0 Å². The van der Waals surface area contributed by atoms with Gasteiger partial charge in [0.1, 0.15) is 5.82 Å². The molecule has 1 aliphatic rings. The van der Waals surface area contributed by atoms with Gasteiger partial charge in [0.05, 0.1) is 11.9 Å². The number of amides is 1. The van der Waals surface area contributed by atoms with Gasteiger partial charge < -0.3 is 15.7 Å². The third kappa shape index (κ3) is 3.62. The number of carbonyl (C=O) groups is 1. The minimum absolute atomic E-state index is 0. The minimum Gasteiger partial charge on any atom is -0.504 e. The van der Waals surface area contributed by atoms with E-state index >= 15 is 0 Å². The fraction of sp³-hybridized carbons (Fsp3) is 0.333. The Kier molecular flexibility index (Phi) is 5.23. The zero-order chi connectivity index (χ0) is 15.7. The van der Waals surface area contributed by atoms with Gasteiger partial charge in [-0.1, -0.05) is 0 Å². The first-order valence-electron chi connectivity index (χ1n) is 7.11. The predicted molar refractivity (Wildman–Crippen MR) is 85.9 cm³/mol. The second kappa shape index (κ2) is 6.97. The lowest BCUT2D eigenvalue weighted by molar-refractivity contribution is 0.0932. The van der Waals surface area contributed by atoms with Gasteiger partial charge in [-0.2, -0.15) is 5.10 Å². The number of rotatable bonds is 3. The molecule has 0 radical (unpaired) electrons. The molecule has 1 aliphatic heterocycles. The molecule has 1 atom stereocenters. The SMILES string of the molecule is Cc1cc(F)ccc1-n1cc(O)c(C(=O)NC2CCNC2)n1.Cl. The summed E-state index contributed by atoms with van der Waals surface area (Å²) in [6.45, 7) is 3.31. The van der Waals surface area contributed by atoms with Crippen LogP contribution in [0.2, 0.25) is 0 Å². The zero-order valence-electron chi connectivity index (χ0n) is 12.5. The number of aryl methyl sites for hydroxylation is 1. The lowest BCUT2D eigenvalue weighted by Gasteiger charge is -2.09. The molecule has 0 bridgehead atoms. The Morgan fingerprint density at radius 1 is 1.52 bits per heavy atom. The topological polar surface area (TPSA) is 79.2 Å². The highest BCUT2D eigenvalue weighted by molar-refractivity contribution is 5.95. The zero-order valence-corrected chi connectivity index (χ0v) is 13.4. The number of hydrogen-bond acceptors (Lipinski definition) is 4. The molecule has 124 valence electrons. The fourth-order valence-electron chi connectivity index (χ4n) is 2.56. The third-order valence-electron chi connectivity index (χ3n) is 3.71. The summed E-state index contributed by atoms with van der Waals surface area (Å²) in [4.78, 5) is 12.2. The summed E-state index contributed by atoms with van der Waals surface area (Å²) in [6.07, 6.45) is 2.20. The van der Waals surface area contributed by atoms with Gasteiger partial charge >= 0.3 is 0 Å². The van der Waals surface area contributed by atoms with Crippen molar-refractivity contribution in [1.29, 1.82) is 0 Å². The lowest BCUT2D eigenvalue weighted by Crippen LogP contribution is -2.36. The standard InChI is InChI=1S/C15H17FN4O2.ClH/c1-9-6-10(16)2-3-12(9)20-8-13(21)14(19-20)15(22)18-11-4-5-17-7-11;/h2-3,6,8,11,17,21H,4-5,7H2,1H3,(H,18,22);1H. The average Bonchev–Trinajstić information content (AvgIpc) is 3.08. The molecule has 0 saturated carbocycles. The van der Waals surface area contributed by atoms with E-state index in [0.29, 0.717) is 17.8 Å². The highest BCUT2D eigenvalue weighted by atomic mass is 35.5. The van der Waals surface area contributed by atoms with Crippen LogP contribution in [0.5, 0.6) is 5.75 Å². The summed E-state index contributed by atoms with van der Waals surface area (Å²) < 4.78 is 14.5. The van der Waals surface area contributed by atoms with Crippen LogP contribution in [0.4, 0.5) is 4.39 Å². The molecule has 0 spiro atoms. The smallest absolute Gasteiger partial charge is 0.275 e. The van der Waals surface area contributed by atoms with Crippen molar-refractivity contribution in [3.63, 3.8) is 0 Å². The Balaban J connectivity index is 0.00000192. The normalized spacial score (nSPS) is 16.9. The van der Waals surface area contributed by atoms with Crippen molar-refractivity contribution >= 4 is 18.3 Å². The first kappa shape index (κ1) is 17.2. The van der Waals surface area contributed by atoms with Crippen molar-refractivity contribution < 1.29 is 14.3 Å².